The molecule has 1 amide bonds. The predicted molar refractivity (Wildman–Crippen MR) is 100 cm³/mol. The molecular weight excluding hydrogens is 328 g/mol. The lowest BCUT2D eigenvalue weighted by atomic mass is 10.1. The van der Waals surface area contributed by atoms with Gasteiger partial charge in [-0.15, -0.1) is 0 Å². The monoisotopic (exact) mass is 352 g/mol. The van der Waals surface area contributed by atoms with E-state index in [1.807, 2.05) is 49.4 Å². The average molecular weight is 352 g/mol. The summed E-state index contributed by atoms with van der Waals surface area (Å²) < 4.78 is 11.6. The molecule has 5 heteroatoms. The summed E-state index contributed by atoms with van der Waals surface area (Å²) >= 11 is 0. The van der Waals surface area contributed by atoms with E-state index < -0.39 is 0 Å². The van der Waals surface area contributed by atoms with Crippen molar-refractivity contribution in [2.75, 3.05) is 19.8 Å². The van der Waals surface area contributed by atoms with Gasteiger partial charge < -0.3 is 14.8 Å². The molecule has 0 spiro atoms. The molecule has 0 aliphatic heterocycles. The van der Waals surface area contributed by atoms with E-state index in [2.05, 4.69) is 17.4 Å². The first-order valence-electron chi connectivity index (χ1n) is 8.79. The molecular formula is C21H24N2O3. The van der Waals surface area contributed by atoms with Crippen molar-refractivity contribution in [1.29, 1.82) is 5.26 Å². The van der Waals surface area contributed by atoms with E-state index in [0.29, 0.717) is 31.9 Å². The van der Waals surface area contributed by atoms with Crippen LogP contribution in [-0.2, 0) is 17.6 Å². The van der Waals surface area contributed by atoms with Crippen molar-refractivity contribution >= 4 is 5.91 Å². The van der Waals surface area contributed by atoms with Gasteiger partial charge in [0.25, 0.3) is 0 Å². The summed E-state index contributed by atoms with van der Waals surface area (Å²) in [6.45, 7) is 3.55. The summed E-state index contributed by atoms with van der Waals surface area (Å²) in [4.78, 5) is 11.3. The molecule has 2 rings (SSSR count). The number of nitriles is 1. The number of benzene rings is 2. The highest BCUT2D eigenvalue weighted by molar-refractivity contribution is 5.77. The van der Waals surface area contributed by atoms with Gasteiger partial charge in [-0.2, -0.15) is 5.26 Å². The number of hydrogen-bond donors (Lipinski definition) is 1. The number of amides is 1. The molecule has 136 valence electrons. The van der Waals surface area contributed by atoms with Gasteiger partial charge in [-0.05, 0) is 36.6 Å². The van der Waals surface area contributed by atoms with Crippen molar-refractivity contribution < 1.29 is 14.3 Å². The summed E-state index contributed by atoms with van der Waals surface area (Å²) in [5, 5.41) is 11.2. The quantitative estimate of drug-likeness (QED) is 0.712. The van der Waals surface area contributed by atoms with Crippen molar-refractivity contribution in [3.8, 4) is 17.6 Å². The number of carbonyl (C=O) groups is 1. The topological polar surface area (TPSA) is 71.3 Å². The van der Waals surface area contributed by atoms with Gasteiger partial charge in [0.05, 0.1) is 19.3 Å². The number of rotatable bonds is 10. The van der Waals surface area contributed by atoms with Gasteiger partial charge in [0, 0.05) is 13.0 Å². The Balaban J connectivity index is 1.90. The van der Waals surface area contributed by atoms with Crippen LogP contribution in [0.25, 0.3) is 0 Å². The third kappa shape index (κ3) is 6.48. The normalized spacial score (nSPS) is 10.0. The molecule has 0 fully saturated rings. The Morgan fingerprint density at radius 1 is 1.04 bits per heavy atom. The number of carbonyl (C=O) groups excluding carboxylic acids is 1. The lowest BCUT2D eigenvalue weighted by Gasteiger charge is -2.14. The molecule has 2 aromatic carbocycles. The van der Waals surface area contributed by atoms with Crippen molar-refractivity contribution in [2.24, 2.45) is 0 Å². The predicted octanol–water partition coefficient (Wildman–Crippen LogP) is 3.28. The second-order valence-corrected chi connectivity index (χ2v) is 5.73. The molecule has 0 radical (unpaired) electrons. The van der Waals surface area contributed by atoms with Crippen molar-refractivity contribution in [3.05, 3.63) is 59.7 Å². The third-order valence-electron chi connectivity index (χ3n) is 3.77. The van der Waals surface area contributed by atoms with Crippen LogP contribution < -0.4 is 14.8 Å². The zero-order valence-corrected chi connectivity index (χ0v) is 15.0. The van der Waals surface area contributed by atoms with Crippen LogP contribution >= 0.6 is 0 Å². The molecule has 0 aliphatic carbocycles. The van der Waals surface area contributed by atoms with Crippen LogP contribution in [0.2, 0.25) is 0 Å². The second kappa shape index (κ2) is 10.8. The summed E-state index contributed by atoms with van der Waals surface area (Å²) in [5.74, 6) is 1.18. The Hall–Kier alpha value is -3.00. The lowest BCUT2D eigenvalue weighted by molar-refractivity contribution is -0.120. The zero-order chi connectivity index (χ0) is 18.6. The van der Waals surface area contributed by atoms with Gasteiger partial charge in [0.15, 0.2) is 11.5 Å². The largest absolute Gasteiger partial charge is 0.490 e. The molecule has 1 N–H and O–H groups in total. The Morgan fingerprint density at radius 3 is 2.58 bits per heavy atom. The number of nitrogens with zero attached hydrogens (tertiary/aromatic N) is 1. The molecule has 5 nitrogen and oxygen atoms in total. The summed E-state index contributed by atoms with van der Waals surface area (Å²) in [7, 11) is 0. The minimum Gasteiger partial charge on any atom is -0.490 e. The maximum atomic E-state index is 11.3. The van der Waals surface area contributed by atoms with Crippen molar-refractivity contribution in [2.45, 2.75) is 26.2 Å². The van der Waals surface area contributed by atoms with E-state index >= 15 is 0 Å². The third-order valence-corrected chi connectivity index (χ3v) is 3.77. The fraction of sp³-hybridized carbons (Fsp3) is 0.333. The van der Waals surface area contributed by atoms with Crippen LogP contribution in [0.15, 0.2) is 48.5 Å². The van der Waals surface area contributed by atoms with Gasteiger partial charge in [-0.3, -0.25) is 4.79 Å². The second-order valence-electron chi connectivity index (χ2n) is 5.73. The summed E-state index contributed by atoms with van der Waals surface area (Å²) in [5.41, 5.74) is 2.27. The van der Waals surface area contributed by atoms with Gasteiger partial charge in [-0.25, -0.2) is 0 Å². The molecule has 0 aromatic heterocycles. The number of hydrogen-bond acceptors (Lipinski definition) is 4. The van der Waals surface area contributed by atoms with Crippen LogP contribution in [0.3, 0.4) is 0 Å². The van der Waals surface area contributed by atoms with Gasteiger partial charge >= 0.3 is 0 Å². The van der Waals surface area contributed by atoms with E-state index in [-0.39, 0.29) is 12.3 Å². The molecule has 0 saturated heterocycles. The fourth-order valence-corrected chi connectivity index (χ4v) is 2.50. The molecule has 26 heavy (non-hydrogen) atoms. The summed E-state index contributed by atoms with van der Waals surface area (Å²) in [6, 6.07) is 17.8. The van der Waals surface area contributed by atoms with E-state index in [9.17, 15) is 4.79 Å². The Kier molecular flexibility index (Phi) is 8.01. The maximum absolute atomic E-state index is 11.3. The SMILES string of the molecule is CCOc1cc(CCNC(=O)CC#N)ccc1OCCc1ccccc1. The molecule has 2 aromatic rings. The van der Waals surface area contributed by atoms with Gasteiger partial charge in [0.1, 0.15) is 6.42 Å². The first-order valence-corrected chi connectivity index (χ1v) is 8.79. The highest BCUT2D eigenvalue weighted by Crippen LogP contribution is 2.28. The van der Waals surface area contributed by atoms with Crippen LogP contribution in [0.5, 0.6) is 11.5 Å². The Bertz CT molecular complexity index is 739. The van der Waals surface area contributed by atoms with Crippen molar-refractivity contribution in [1.82, 2.24) is 5.32 Å². The highest BCUT2D eigenvalue weighted by Gasteiger charge is 2.07. The Labute approximate surface area is 154 Å². The minimum absolute atomic E-state index is 0.113. The van der Waals surface area contributed by atoms with Crippen LogP contribution in [0, 0.1) is 11.3 Å². The fourth-order valence-electron chi connectivity index (χ4n) is 2.50. The number of nitrogens with one attached hydrogen (secondary N) is 1. The smallest absolute Gasteiger partial charge is 0.234 e. The first-order chi connectivity index (χ1) is 12.7. The first kappa shape index (κ1) is 19.3. The molecule has 0 aliphatic rings. The standard InChI is InChI=1S/C21H24N2O3/c1-2-25-20-16-18(11-14-23-21(24)10-13-22)8-9-19(20)26-15-12-17-6-4-3-5-7-17/h3-9,16H,2,10-12,14-15H2,1H3,(H,23,24). The number of ether oxygens (including phenoxy) is 2. The lowest BCUT2D eigenvalue weighted by Crippen LogP contribution is -2.24. The van der Waals surface area contributed by atoms with Gasteiger partial charge in [-0.1, -0.05) is 36.4 Å². The van der Waals surface area contributed by atoms with Crippen LogP contribution in [0.1, 0.15) is 24.5 Å². The van der Waals surface area contributed by atoms with E-state index in [1.165, 1.54) is 5.56 Å². The average Bonchev–Trinajstić information content (AvgIpc) is 2.65. The van der Waals surface area contributed by atoms with E-state index in [0.717, 1.165) is 17.7 Å². The molecule has 0 atom stereocenters. The van der Waals surface area contributed by atoms with E-state index in [1.54, 1.807) is 0 Å². The molecule has 0 heterocycles. The van der Waals surface area contributed by atoms with Crippen molar-refractivity contribution in [3.63, 3.8) is 0 Å². The Morgan fingerprint density at radius 2 is 1.85 bits per heavy atom. The zero-order valence-electron chi connectivity index (χ0n) is 15.0. The van der Waals surface area contributed by atoms with Crippen LogP contribution in [0.4, 0.5) is 0 Å². The maximum Gasteiger partial charge on any atom is 0.234 e. The highest BCUT2D eigenvalue weighted by atomic mass is 16.5. The summed E-state index contributed by atoms with van der Waals surface area (Å²) in [6.07, 6.45) is 1.39. The molecule has 0 saturated carbocycles. The van der Waals surface area contributed by atoms with Gasteiger partial charge in [0.2, 0.25) is 5.91 Å². The molecule has 0 unspecified atom stereocenters. The molecule has 0 bridgehead atoms. The van der Waals surface area contributed by atoms with E-state index in [4.69, 9.17) is 14.7 Å². The van der Waals surface area contributed by atoms with Crippen LogP contribution in [-0.4, -0.2) is 25.7 Å². The minimum atomic E-state index is -0.251.